The number of thiophene rings is 1. The standard InChI is InChI=1S/C12H21BrN2S2/c1-9(14)12(11-7-10(13)8-17-11)15(2)5-4-6-16-3/h7-9,12H,4-6,14H2,1-3H3. The molecule has 0 aromatic carbocycles. The van der Waals surface area contributed by atoms with Gasteiger partial charge >= 0.3 is 0 Å². The van der Waals surface area contributed by atoms with Crippen molar-refractivity contribution < 1.29 is 0 Å². The molecule has 0 bridgehead atoms. The lowest BCUT2D eigenvalue weighted by Crippen LogP contribution is -2.37. The van der Waals surface area contributed by atoms with Gasteiger partial charge in [0.15, 0.2) is 0 Å². The van der Waals surface area contributed by atoms with E-state index in [0.717, 1.165) is 11.0 Å². The Balaban J connectivity index is 2.65. The van der Waals surface area contributed by atoms with Crippen molar-refractivity contribution in [1.82, 2.24) is 4.90 Å². The highest BCUT2D eigenvalue weighted by atomic mass is 79.9. The molecule has 0 aliphatic carbocycles. The molecule has 2 atom stereocenters. The third-order valence-electron chi connectivity index (χ3n) is 2.71. The third kappa shape index (κ3) is 4.91. The van der Waals surface area contributed by atoms with Crippen molar-refractivity contribution in [2.24, 2.45) is 5.73 Å². The number of rotatable bonds is 7. The van der Waals surface area contributed by atoms with Crippen molar-refractivity contribution in [3.63, 3.8) is 0 Å². The molecular weight excluding hydrogens is 316 g/mol. The van der Waals surface area contributed by atoms with Crippen molar-refractivity contribution in [2.45, 2.75) is 25.4 Å². The van der Waals surface area contributed by atoms with Gasteiger partial charge in [0.1, 0.15) is 0 Å². The van der Waals surface area contributed by atoms with Crippen LogP contribution in [0.4, 0.5) is 0 Å². The SMILES string of the molecule is CSCCCN(C)C(c1cc(Br)cs1)C(C)N. The molecule has 1 aromatic rings. The summed E-state index contributed by atoms with van der Waals surface area (Å²) < 4.78 is 1.15. The monoisotopic (exact) mass is 336 g/mol. The number of halogens is 1. The Morgan fingerprint density at radius 3 is 2.76 bits per heavy atom. The lowest BCUT2D eigenvalue weighted by molar-refractivity contribution is 0.223. The molecule has 0 spiro atoms. The predicted octanol–water partition coefficient (Wildman–Crippen LogP) is 3.58. The summed E-state index contributed by atoms with van der Waals surface area (Å²) in [6.07, 6.45) is 3.37. The first-order valence-electron chi connectivity index (χ1n) is 5.75. The number of nitrogens with two attached hydrogens (primary N) is 1. The minimum absolute atomic E-state index is 0.153. The van der Waals surface area contributed by atoms with Crippen molar-refractivity contribution >= 4 is 39.0 Å². The summed E-state index contributed by atoms with van der Waals surface area (Å²) in [5.41, 5.74) is 6.13. The van der Waals surface area contributed by atoms with E-state index in [1.165, 1.54) is 17.1 Å². The van der Waals surface area contributed by atoms with Crippen LogP contribution < -0.4 is 5.73 Å². The van der Waals surface area contributed by atoms with Crippen LogP contribution in [-0.2, 0) is 0 Å². The Labute approximate surface area is 121 Å². The van der Waals surface area contributed by atoms with Crippen LogP contribution in [0, 0.1) is 0 Å². The van der Waals surface area contributed by atoms with Crippen LogP contribution in [-0.4, -0.2) is 36.5 Å². The zero-order valence-corrected chi connectivity index (χ0v) is 13.9. The van der Waals surface area contributed by atoms with E-state index in [1.54, 1.807) is 11.3 Å². The van der Waals surface area contributed by atoms with E-state index < -0.39 is 0 Å². The van der Waals surface area contributed by atoms with E-state index in [4.69, 9.17) is 5.73 Å². The first-order valence-corrected chi connectivity index (χ1v) is 8.81. The van der Waals surface area contributed by atoms with E-state index in [9.17, 15) is 0 Å². The summed E-state index contributed by atoms with van der Waals surface area (Å²) in [5.74, 6) is 1.21. The van der Waals surface area contributed by atoms with Gasteiger partial charge in [-0.2, -0.15) is 11.8 Å². The Morgan fingerprint density at radius 1 is 1.59 bits per heavy atom. The molecule has 17 heavy (non-hydrogen) atoms. The van der Waals surface area contributed by atoms with Gasteiger partial charge in [-0.05, 0) is 60.9 Å². The fourth-order valence-electron chi connectivity index (χ4n) is 1.96. The van der Waals surface area contributed by atoms with Gasteiger partial charge in [0.05, 0.1) is 6.04 Å². The molecule has 2 unspecified atom stereocenters. The van der Waals surface area contributed by atoms with E-state index in [0.29, 0.717) is 6.04 Å². The molecule has 0 saturated carbocycles. The van der Waals surface area contributed by atoms with Crippen LogP contribution >= 0.6 is 39.0 Å². The van der Waals surface area contributed by atoms with Crippen molar-refractivity contribution in [1.29, 1.82) is 0 Å². The number of hydrogen-bond donors (Lipinski definition) is 1. The molecule has 5 heteroatoms. The summed E-state index contributed by atoms with van der Waals surface area (Å²) >= 11 is 7.19. The lowest BCUT2D eigenvalue weighted by atomic mass is 10.1. The number of nitrogens with zero attached hydrogens (tertiary/aromatic N) is 1. The smallest absolute Gasteiger partial charge is 0.0588 e. The molecule has 1 aromatic heterocycles. The van der Waals surface area contributed by atoms with Gasteiger partial charge in [0, 0.05) is 20.8 Å². The van der Waals surface area contributed by atoms with Crippen molar-refractivity contribution in [2.75, 3.05) is 25.6 Å². The fraction of sp³-hybridized carbons (Fsp3) is 0.667. The number of hydrogen-bond acceptors (Lipinski definition) is 4. The molecule has 0 fully saturated rings. The van der Waals surface area contributed by atoms with Crippen LogP contribution in [0.3, 0.4) is 0 Å². The molecular formula is C12H21BrN2S2. The van der Waals surface area contributed by atoms with E-state index in [1.807, 2.05) is 11.8 Å². The summed E-state index contributed by atoms with van der Waals surface area (Å²) in [6, 6.07) is 2.66. The summed E-state index contributed by atoms with van der Waals surface area (Å²) in [4.78, 5) is 3.72. The maximum absolute atomic E-state index is 6.13. The molecule has 1 heterocycles. The van der Waals surface area contributed by atoms with Gasteiger partial charge in [-0.1, -0.05) is 0 Å². The average molecular weight is 337 g/mol. The second-order valence-electron chi connectivity index (χ2n) is 4.30. The Morgan fingerprint density at radius 2 is 2.29 bits per heavy atom. The minimum Gasteiger partial charge on any atom is -0.326 e. The molecule has 0 aliphatic rings. The van der Waals surface area contributed by atoms with Gasteiger partial charge in [0.25, 0.3) is 0 Å². The normalized spacial score (nSPS) is 15.2. The highest BCUT2D eigenvalue weighted by Crippen LogP contribution is 2.30. The molecule has 0 aliphatic heterocycles. The van der Waals surface area contributed by atoms with Gasteiger partial charge < -0.3 is 5.73 Å². The summed E-state index contributed by atoms with van der Waals surface area (Å²) in [5, 5.41) is 2.13. The van der Waals surface area contributed by atoms with E-state index in [-0.39, 0.29) is 6.04 Å². The largest absolute Gasteiger partial charge is 0.326 e. The molecule has 1 rings (SSSR count). The highest BCUT2D eigenvalue weighted by Gasteiger charge is 2.22. The average Bonchev–Trinajstić information content (AvgIpc) is 2.65. The summed E-state index contributed by atoms with van der Waals surface area (Å²) in [7, 11) is 2.17. The molecule has 98 valence electrons. The zero-order valence-electron chi connectivity index (χ0n) is 10.6. The maximum atomic E-state index is 6.13. The maximum Gasteiger partial charge on any atom is 0.0588 e. The first-order chi connectivity index (χ1) is 8.06. The van der Waals surface area contributed by atoms with Gasteiger partial charge in [-0.15, -0.1) is 11.3 Å². The topological polar surface area (TPSA) is 29.3 Å². The molecule has 0 radical (unpaired) electrons. The van der Waals surface area contributed by atoms with Crippen molar-refractivity contribution in [3.8, 4) is 0 Å². The second-order valence-corrected chi connectivity index (χ2v) is 7.14. The van der Waals surface area contributed by atoms with Crippen LogP contribution in [0.25, 0.3) is 0 Å². The molecule has 2 N–H and O–H groups in total. The number of likely N-dealkylation sites (N-methyl/N-ethyl adjacent to an activating group) is 1. The minimum atomic E-state index is 0.153. The zero-order chi connectivity index (χ0) is 12.8. The van der Waals surface area contributed by atoms with Crippen LogP contribution in [0.2, 0.25) is 0 Å². The summed E-state index contributed by atoms with van der Waals surface area (Å²) in [6.45, 7) is 3.19. The van der Waals surface area contributed by atoms with Gasteiger partial charge in [-0.3, -0.25) is 4.90 Å². The van der Waals surface area contributed by atoms with Gasteiger partial charge in [0.2, 0.25) is 0 Å². The van der Waals surface area contributed by atoms with Crippen LogP contribution in [0.1, 0.15) is 24.3 Å². The molecule has 2 nitrogen and oxygen atoms in total. The quantitative estimate of drug-likeness (QED) is 0.771. The van der Waals surface area contributed by atoms with Crippen LogP contribution in [0.5, 0.6) is 0 Å². The Bertz CT molecular complexity index is 328. The van der Waals surface area contributed by atoms with Crippen molar-refractivity contribution in [3.05, 3.63) is 20.8 Å². The Kier molecular flexibility index (Phi) is 7.11. The lowest BCUT2D eigenvalue weighted by Gasteiger charge is -2.30. The number of thioether (sulfide) groups is 1. The van der Waals surface area contributed by atoms with E-state index in [2.05, 4.69) is 52.5 Å². The second kappa shape index (κ2) is 7.79. The van der Waals surface area contributed by atoms with Gasteiger partial charge in [-0.25, -0.2) is 0 Å². The van der Waals surface area contributed by atoms with Crippen LogP contribution in [0.15, 0.2) is 15.9 Å². The molecule has 0 saturated heterocycles. The molecule has 0 amide bonds. The third-order valence-corrected chi connectivity index (χ3v) is 5.17. The Hall–Kier alpha value is 0.450. The van der Waals surface area contributed by atoms with E-state index >= 15 is 0 Å². The highest BCUT2D eigenvalue weighted by molar-refractivity contribution is 9.10. The first kappa shape index (κ1) is 15.5. The predicted molar refractivity (Wildman–Crippen MR) is 84.0 cm³/mol. The fourth-order valence-corrected chi connectivity index (χ4v) is 4.10.